The van der Waals surface area contributed by atoms with E-state index in [0.29, 0.717) is 17.8 Å². The fourth-order valence-electron chi connectivity index (χ4n) is 5.36. The molecular formula is C28H34N4O2. The van der Waals surface area contributed by atoms with Gasteiger partial charge >= 0.3 is 0 Å². The van der Waals surface area contributed by atoms with E-state index in [1.807, 2.05) is 67.6 Å². The predicted molar refractivity (Wildman–Crippen MR) is 137 cm³/mol. The number of hydrogen-bond acceptors (Lipinski definition) is 4. The molecule has 6 nitrogen and oxygen atoms in total. The third-order valence-electron chi connectivity index (χ3n) is 6.32. The first-order valence-corrected chi connectivity index (χ1v) is 12.0. The van der Waals surface area contributed by atoms with Crippen molar-refractivity contribution >= 4 is 5.91 Å². The Balaban J connectivity index is 1.88. The molecule has 2 heterocycles. The summed E-state index contributed by atoms with van der Waals surface area (Å²) < 4.78 is 1.39. The van der Waals surface area contributed by atoms with Crippen LogP contribution in [0.2, 0.25) is 0 Å². The Kier molecular flexibility index (Phi) is 6.45. The van der Waals surface area contributed by atoms with Crippen LogP contribution in [0.4, 0.5) is 0 Å². The van der Waals surface area contributed by atoms with Gasteiger partial charge in [0.2, 0.25) is 0 Å². The Morgan fingerprint density at radius 3 is 2.03 bits per heavy atom. The molecule has 3 aromatic rings. The number of rotatable bonds is 5. The molecule has 1 aromatic heterocycles. The van der Waals surface area contributed by atoms with Gasteiger partial charge in [-0.05, 0) is 53.0 Å². The number of hydrogen-bond donors (Lipinski definition) is 2. The molecule has 1 fully saturated rings. The molecule has 2 N–H and O–H groups in total. The minimum Gasteiger partial charge on any atom is -0.349 e. The van der Waals surface area contributed by atoms with Crippen LogP contribution in [0, 0.1) is 0 Å². The summed E-state index contributed by atoms with van der Waals surface area (Å²) in [6.07, 6.45) is 1.56. The molecule has 2 aromatic carbocycles. The van der Waals surface area contributed by atoms with Gasteiger partial charge in [0.1, 0.15) is 5.56 Å². The fraction of sp³-hybridized carbons (Fsp3) is 0.393. The fourth-order valence-corrected chi connectivity index (χ4v) is 5.36. The lowest BCUT2D eigenvalue weighted by atomic mass is 9.79. The number of benzene rings is 2. The first kappa shape index (κ1) is 23.9. The summed E-state index contributed by atoms with van der Waals surface area (Å²) in [5.41, 5.74) is 2.39. The molecule has 1 aliphatic rings. The lowest BCUT2D eigenvalue weighted by Gasteiger charge is -2.46. The maximum absolute atomic E-state index is 13.8. The van der Waals surface area contributed by atoms with Crippen LogP contribution < -0.4 is 16.2 Å². The van der Waals surface area contributed by atoms with Crippen molar-refractivity contribution in [2.75, 3.05) is 0 Å². The second kappa shape index (κ2) is 9.18. The van der Waals surface area contributed by atoms with Gasteiger partial charge in [-0.1, -0.05) is 60.7 Å². The van der Waals surface area contributed by atoms with Crippen LogP contribution in [0.3, 0.4) is 0 Å². The zero-order valence-corrected chi connectivity index (χ0v) is 20.7. The van der Waals surface area contributed by atoms with Gasteiger partial charge < -0.3 is 10.6 Å². The number of carbonyl (C=O) groups excluding carboxylic acids is 1. The van der Waals surface area contributed by atoms with Crippen molar-refractivity contribution in [1.82, 2.24) is 20.4 Å². The Labute approximate surface area is 201 Å². The van der Waals surface area contributed by atoms with E-state index in [9.17, 15) is 9.59 Å². The van der Waals surface area contributed by atoms with E-state index in [2.05, 4.69) is 43.4 Å². The summed E-state index contributed by atoms with van der Waals surface area (Å²) in [7, 11) is 0. The maximum atomic E-state index is 13.8. The Morgan fingerprint density at radius 2 is 1.50 bits per heavy atom. The van der Waals surface area contributed by atoms with E-state index in [-0.39, 0.29) is 34.1 Å². The summed E-state index contributed by atoms with van der Waals surface area (Å²) in [6, 6.07) is 19.3. The van der Waals surface area contributed by atoms with E-state index in [4.69, 9.17) is 0 Å². The number of amides is 1. The van der Waals surface area contributed by atoms with Gasteiger partial charge in [0.15, 0.2) is 0 Å². The van der Waals surface area contributed by atoms with Crippen LogP contribution in [0.25, 0.3) is 22.4 Å². The highest BCUT2D eigenvalue weighted by Gasteiger charge is 2.39. The highest BCUT2D eigenvalue weighted by atomic mass is 16.2. The number of piperidine rings is 1. The molecule has 178 valence electrons. The minimum atomic E-state index is -0.369. The van der Waals surface area contributed by atoms with E-state index in [1.165, 1.54) is 4.68 Å². The van der Waals surface area contributed by atoms with Gasteiger partial charge in [0.25, 0.3) is 11.5 Å². The number of nitrogens with one attached hydrogen (secondary N) is 2. The highest BCUT2D eigenvalue weighted by molar-refractivity contribution is 6.03. The Bertz CT molecular complexity index is 1210. The third kappa shape index (κ3) is 4.97. The van der Waals surface area contributed by atoms with E-state index >= 15 is 0 Å². The smallest absolute Gasteiger partial charge is 0.280 e. The number of aryl methyl sites for hydroxylation is 1. The van der Waals surface area contributed by atoms with E-state index in [1.54, 1.807) is 0 Å². The van der Waals surface area contributed by atoms with Crippen molar-refractivity contribution in [2.45, 2.75) is 71.1 Å². The van der Waals surface area contributed by atoms with Crippen molar-refractivity contribution < 1.29 is 4.79 Å². The normalized spacial score (nSPS) is 17.3. The molecule has 1 aliphatic heterocycles. The summed E-state index contributed by atoms with van der Waals surface area (Å²) >= 11 is 0. The average molecular weight is 459 g/mol. The zero-order chi connectivity index (χ0) is 24.5. The van der Waals surface area contributed by atoms with Crippen LogP contribution in [-0.2, 0) is 6.54 Å². The summed E-state index contributed by atoms with van der Waals surface area (Å²) in [4.78, 5) is 27.4. The standard InChI is InChI=1S/C28H34N4O2/c1-6-32-26(34)23(25(33)29-21-17-27(2,3)31-28(4,5)18-21)22(19-13-9-7-10-14-19)24(30-32)20-15-11-8-12-16-20/h7-16,21,31H,6,17-18H2,1-5H3,(H,29,33). The second-order valence-electron chi connectivity index (χ2n) is 10.4. The largest absolute Gasteiger partial charge is 0.349 e. The first-order chi connectivity index (χ1) is 16.1. The van der Waals surface area contributed by atoms with Crippen molar-refractivity contribution in [1.29, 1.82) is 0 Å². The average Bonchev–Trinajstić information content (AvgIpc) is 2.77. The van der Waals surface area contributed by atoms with Crippen LogP contribution in [0.15, 0.2) is 65.5 Å². The number of carbonyl (C=O) groups is 1. The summed E-state index contributed by atoms with van der Waals surface area (Å²) in [5, 5.41) is 11.5. The minimum absolute atomic E-state index is 0.0507. The molecule has 0 saturated carbocycles. The Hall–Kier alpha value is -3.25. The van der Waals surface area contributed by atoms with Gasteiger partial charge in [0.05, 0.1) is 5.69 Å². The lowest BCUT2D eigenvalue weighted by molar-refractivity contribution is 0.0871. The van der Waals surface area contributed by atoms with Crippen molar-refractivity contribution in [3.05, 3.63) is 76.6 Å². The molecule has 0 aliphatic carbocycles. The van der Waals surface area contributed by atoms with Gasteiger partial charge in [-0.15, -0.1) is 0 Å². The monoisotopic (exact) mass is 458 g/mol. The summed E-state index contributed by atoms with van der Waals surface area (Å²) in [5.74, 6) is -0.343. The molecule has 0 bridgehead atoms. The topological polar surface area (TPSA) is 76.0 Å². The van der Waals surface area contributed by atoms with Crippen molar-refractivity contribution in [3.63, 3.8) is 0 Å². The van der Waals surface area contributed by atoms with Crippen LogP contribution in [0.1, 0.15) is 57.8 Å². The van der Waals surface area contributed by atoms with Crippen molar-refractivity contribution in [2.24, 2.45) is 0 Å². The quantitative estimate of drug-likeness (QED) is 0.584. The SMILES string of the molecule is CCn1nc(-c2ccccc2)c(-c2ccccc2)c(C(=O)NC2CC(C)(C)NC(C)(C)C2)c1=O. The van der Waals surface area contributed by atoms with E-state index in [0.717, 1.165) is 24.0 Å². The number of nitrogens with zero attached hydrogens (tertiary/aromatic N) is 2. The molecule has 0 atom stereocenters. The molecule has 1 saturated heterocycles. The van der Waals surface area contributed by atoms with Crippen molar-refractivity contribution in [3.8, 4) is 22.4 Å². The second-order valence-corrected chi connectivity index (χ2v) is 10.4. The molecular weight excluding hydrogens is 424 g/mol. The first-order valence-electron chi connectivity index (χ1n) is 12.0. The summed E-state index contributed by atoms with van der Waals surface area (Å²) in [6.45, 7) is 10.8. The molecule has 0 unspecified atom stereocenters. The molecule has 34 heavy (non-hydrogen) atoms. The van der Waals surface area contributed by atoms with Crippen LogP contribution in [0.5, 0.6) is 0 Å². The van der Waals surface area contributed by atoms with Gasteiger partial charge in [-0.2, -0.15) is 5.10 Å². The van der Waals surface area contributed by atoms with E-state index < -0.39 is 0 Å². The predicted octanol–water partition coefficient (Wildman–Crippen LogP) is 4.64. The molecule has 6 heteroatoms. The molecule has 0 spiro atoms. The maximum Gasteiger partial charge on any atom is 0.280 e. The van der Waals surface area contributed by atoms with Gasteiger partial charge in [-0.3, -0.25) is 9.59 Å². The van der Waals surface area contributed by atoms with Gasteiger partial charge in [-0.25, -0.2) is 4.68 Å². The molecule has 4 rings (SSSR count). The molecule has 1 amide bonds. The lowest BCUT2D eigenvalue weighted by Crippen LogP contribution is -2.62. The zero-order valence-electron chi connectivity index (χ0n) is 20.7. The Morgan fingerprint density at radius 1 is 0.971 bits per heavy atom. The van der Waals surface area contributed by atoms with Crippen LogP contribution >= 0.6 is 0 Å². The molecule has 0 radical (unpaired) electrons. The third-order valence-corrected chi connectivity index (χ3v) is 6.32. The van der Waals surface area contributed by atoms with Gasteiger partial charge in [0, 0.05) is 34.8 Å². The van der Waals surface area contributed by atoms with Crippen LogP contribution in [-0.4, -0.2) is 32.8 Å². The highest BCUT2D eigenvalue weighted by Crippen LogP contribution is 2.33. The number of aromatic nitrogens is 2.